The molecule has 79 heavy (non-hydrogen) atoms. The second-order valence-electron chi connectivity index (χ2n) is 24.1. The molecule has 6 heteroatoms. The standard InChI is InChI=1S/C73H136O6/c1-4-7-10-13-16-19-22-25-27-29-31-32-33-34-35-36-37-38-39-40-42-43-45-48-51-54-57-60-63-66-72(75)78-69-70(68-77-71(74)65-62-59-56-53-50-47-24-21-18-15-12-9-6-3)79-73(76)67-64-61-58-55-52-49-46-44-41-30-28-26-23-20-17-14-11-8-5-2/h21,24,26,28-29,31,70H,4-20,22-23,25,27,30,32-69H2,1-3H3/b24-21-,28-26-,31-29-. The van der Waals surface area contributed by atoms with Crippen molar-refractivity contribution in [1.29, 1.82) is 0 Å². The van der Waals surface area contributed by atoms with Crippen LogP contribution in [0.4, 0.5) is 0 Å². The average Bonchev–Trinajstić information content (AvgIpc) is 3.45. The van der Waals surface area contributed by atoms with Gasteiger partial charge in [0.2, 0.25) is 0 Å². The molecule has 0 bridgehead atoms. The van der Waals surface area contributed by atoms with Crippen LogP contribution < -0.4 is 0 Å². The SMILES string of the molecule is CCCCCC/C=C\CCCCCCCC(=O)OCC(COC(=O)CCCCCCCCCCCCCCCCCCC/C=C\CCCCCCCCCC)OC(=O)CCCCCCCCCCC/C=C\CCCCCCCC. The predicted molar refractivity (Wildman–Crippen MR) is 344 cm³/mol. The molecule has 0 N–H and O–H groups in total. The molecule has 0 aliphatic rings. The second kappa shape index (κ2) is 68.1. The van der Waals surface area contributed by atoms with Crippen molar-refractivity contribution in [2.45, 2.75) is 399 Å². The van der Waals surface area contributed by atoms with Gasteiger partial charge in [0.25, 0.3) is 0 Å². The van der Waals surface area contributed by atoms with Crippen LogP contribution in [0.1, 0.15) is 393 Å². The summed E-state index contributed by atoms with van der Waals surface area (Å²) in [5, 5.41) is 0. The van der Waals surface area contributed by atoms with Gasteiger partial charge in [-0.3, -0.25) is 14.4 Å². The van der Waals surface area contributed by atoms with Gasteiger partial charge in [0.1, 0.15) is 13.2 Å². The van der Waals surface area contributed by atoms with Crippen molar-refractivity contribution in [2.75, 3.05) is 13.2 Å². The smallest absolute Gasteiger partial charge is 0.306 e. The minimum atomic E-state index is -0.775. The Morgan fingerprint density at radius 1 is 0.241 bits per heavy atom. The van der Waals surface area contributed by atoms with E-state index in [9.17, 15) is 14.4 Å². The Morgan fingerprint density at radius 3 is 0.646 bits per heavy atom. The Morgan fingerprint density at radius 2 is 0.418 bits per heavy atom. The maximum absolute atomic E-state index is 12.9. The Bertz CT molecular complexity index is 1320. The highest BCUT2D eigenvalue weighted by molar-refractivity contribution is 5.71. The molecule has 0 rings (SSSR count). The van der Waals surface area contributed by atoms with Crippen molar-refractivity contribution in [3.63, 3.8) is 0 Å². The highest BCUT2D eigenvalue weighted by Crippen LogP contribution is 2.18. The quantitative estimate of drug-likeness (QED) is 0.0261. The predicted octanol–water partition coefficient (Wildman–Crippen LogP) is 24.3. The van der Waals surface area contributed by atoms with Gasteiger partial charge in [-0.25, -0.2) is 0 Å². The Balaban J connectivity index is 4.18. The van der Waals surface area contributed by atoms with Gasteiger partial charge < -0.3 is 14.2 Å². The van der Waals surface area contributed by atoms with Crippen molar-refractivity contribution in [3.8, 4) is 0 Å². The molecule has 0 fully saturated rings. The monoisotopic (exact) mass is 1110 g/mol. The van der Waals surface area contributed by atoms with Crippen LogP contribution in [0.15, 0.2) is 36.5 Å². The van der Waals surface area contributed by atoms with Gasteiger partial charge in [-0.2, -0.15) is 0 Å². The summed E-state index contributed by atoms with van der Waals surface area (Å²) in [6.45, 7) is 6.68. The molecule has 0 spiro atoms. The van der Waals surface area contributed by atoms with E-state index in [2.05, 4.69) is 57.2 Å². The van der Waals surface area contributed by atoms with Crippen molar-refractivity contribution in [2.24, 2.45) is 0 Å². The van der Waals surface area contributed by atoms with Gasteiger partial charge in [0.15, 0.2) is 6.10 Å². The molecule has 0 radical (unpaired) electrons. The lowest BCUT2D eigenvalue weighted by molar-refractivity contribution is -0.167. The maximum Gasteiger partial charge on any atom is 0.306 e. The summed E-state index contributed by atoms with van der Waals surface area (Å²) in [7, 11) is 0. The van der Waals surface area contributed by atoms with Crippen molar-refractivity contribution in [3.05, 3.63) is 36.5 Å². The van der Waals surface area contributed by atoms with Crippen LogP contribution in [0, 0.1) is 0 Å². The van der Waals surface area contributed by atoms with Crippen LogP contribution in [0.25, 0.3) is 0 Å². The summed E-state index contributed by atoms with van der Waals surface area (Å²) < 4.78 is 17.0. The fourth-order valence-electron chi connectivity index (χ4n) is 10.7. The number of allylic oxidation sites excluding steroid dienone is 6. The molecule has 1 unspecified atom stereocenters. The molecular weight excluding hydrogens is 973 g/mol. The van der Waals surface area contributed by atoms with E-state index in [4.69, 9.17) is 14.2 Å². The lowest BCUT2D eigenvalue weighted by atomic mass is 10.0. The summed E-state index contributed by atoms with van der Waals surface area (Å²) in [6, 6.07) is 0. The van der Waals surface area contributed by atoms with E-state index >= 15 is 0 Å². The third-order valence-corrected chi connectivity index (χ3v) is 16.1. The van der Waals surface area contributed by atoms with Crippen LogP contribution in [0.3, 0.4) is 0 Å². The highest BCUT2D eigenvalue weighted by atomic mass is 16.6. The van der Waals surface area contributed by atoms with Crippen molar-refractivity contribution in [1.82, 2.24) is 0 Å². The van der Waals surface area contributed by atoms with E-state index in [0.29, 0.717) is 19.3 Å². The molecule has 0 aromatic rings. The van der Waals surface area contributed by atoms with Gasteiger partial charge in [0.05, 0.1) is 0 Å². The zero-order valence-electron chi connectivity index (χ0n) is 53.4. The molecule has 0 heterocycles. The number of esters is 3. The Kier molecular flexibility index (Phi) is 66.1. The molecule has 464 valence electrons. The fraction of sp³-hybridized carbons (Fsp3) is 0.877. The largest absolute Gasteiger partial charge is 0.462 e. The van der Waals surface area contributed by atoms with Gasteiger partial charge in [-0.15, -0.1) is 0 Å². The molecule has 0 aromatic heterocycles. The molecule has 1 atom stereocenters. The van der Waals surface area contributed by atoms with Crippen LogP contribution in [-0.4, -0.2) is 37.2 Å². The molecule has 6 nitrogen and oxygen atoms in total. The van der Waals surface area contributed by atoms with Crippen molar-refractivity contribution < 1.29 is 28.6 Å². The van der Waals surface area contributed by atoms with Gasteiger partial charge >= 0.3 is 17.9 Å². The lowest BCUT2D eigenvalue weighted by Gasteiger charge is -2.18. The van der Waals surface area contributed by atoms with E-state index in [1.165, 1.54) is 289 Å². The topological polar surface area (TPSA) is 78.9 Å². The van der Waals surface area contributed by atoms with E-state index in [-0.39, 0.29) is 31.1 Å². The maximum atomic E-state index is 12.9. The fourth-order valence-corrected chi connectivity index (χ4v) is 10.7. The number of rotatable bonds is 66. The molecule has 0 aliphatic carbocycles. The normalized spacial score (nSPS) is 12.2. The number of carbonyl (C=O) groups excluding carboxylic acids is 3. The van der Waals surface area contributed by atoms with E-state index < -0.39 is 6.10 Å². The zero-order chi connectivity index (χ0) is 57.1. The first-order chi connectivity index (χ1) is 39.0. The number of ether oxygens (including phenoxy) is 3. The van der Waals surface area contributed by atoms with E-state index in [1.807, 2.05) is 0 Å². The molecule has 0 aromatic carbocycles. The van der Waals surface area contributed by atoms with Gasteiger partial charge in [-0.05, 0) is 96.3 Å². The average molecular weight is 1110 g/mol. The van der Waals surface area contributed by atoms with Crippen LogP contribution >= 0.6 is 0 Å². The zero-order valence-corrected chi connectivity index (χ0v) is 53.4. The van der Waals surface area contributed by atoms with E-state index in [1.54, 1.807) is 0 Å². The lowest BCUT2D eigenvalue weighted by Crippen LogP contribution is -2.30. The summed E-state index contributed by atoms with van der Waals surface area (Å²) in [6.07, 6.45) is 84.7. The third-order valence-electron chi connectivity index (χ3n) is 16.1. The summed E-state index contributed by atoms with van der Waals surface area (Å²) in [5.74, 6) is -0.856. The van der Waals surface area contributed by atoms with Crippen molar-refractivity contribution >= 4 is 17.9 Å². The van der Waals surface area contributed by atoms with Crippen LogP contribution in [-0.2, 0) is 28.6 Å². The summed E-state index contributed by atoms with van der Waals surface area (Å²) >= 11 is 0. The highest BCUT2D eigenvalue weighted by Gasteiger charge is 2.19. The van der Waals surface area contributed by atoms with Gasteiger partial charge in [0, 0.05) is 19.3 Å². The first-order valence-corrected chi connectivity index (χ1v) is 35.5. The number of hydrogen-bond donors (Lipinski definition) is 0. The molecule has 0 amide bonds. The number of hydrogen-bond acceptors (Lipinski definition) is 6. The summed E-state index contributed by atoms with van der Waals surface area (Å²) in [5.41, 5.74) is 0. The van der Waals surface area contributed by atoms with Crippen LogP contribution in [0.2, 0.25) is 0 Å². The molecule has 0 aliphatic heterocycles. The first kappa shape index (κ1) is 76.6. The minimum absolute atomic E-state index is 0.0712. The molecular formula is C73H136O6. The Hall–Kier alpha value is -2.37. The molecule has 0 saturated heterocycles. The third kappa shape index (κ3) is 66.3. The summed E-state index contributed by atoms with van der Waals surface area (Å²) in [4.78, 5) is 38.4. The molecule has 0 saturated carbocycles. The second-order valence-corrected chi connectivity index (χ2v) is 24.1. The minimum Gasteiger partial charge on any atom is -0.462 e. The van der Waals surface area contributed by atoms with Gasteiger partial charge in [-0.1, -0.05) is 314 Å². The van der Waals surface area contributed by atoms with Crippen LogP contribution in [0.5, 0.6) is 0 Å². The number of carbonyl (C=O) groups is 3. The first-order valence-electron chi connectivity index (χ1n) is 35.5. The Labute approximate surface area is 493 Å². The number of unbranched alkanes of at least 4 members (excludes halogenated alkanes) is 49. The van der Waals surface area contributed by atoms with E-state index in [0.717, 1.165) is 64.2 Å².